The second-order valence-corrected chi connectivity index (χ2v) is 5.61. The van der Waals surface area contributed by atoms with Crippen LogP contribution in [0.5, 0.6) is 5.75 Å². The Hall–Kier alpha value is -2.84. The molecule has 0 aliphatic carbocycles. The van der Waals surface area contributed by atoms with Gasteiger partial charge in [-0.25, -0.2) is 0 Å². The Balaban J connectivity index is 2.10. The lowest BCUT2D eigenvalue weighted by atomic mass is 10.2. The minimum Gasteiger partial charge on any atom is -0.480 e. The van der Waals surface area contributed by atoms with Gasteiger partial charge < -0.3 is 14.4 Å². The van der Waals surface area contributed by atoms with Crippen LogP contribution in [0.1, 0.15) is 18.1 Å². The predicted octanol–water partition coefficient (Wildman–Crippen LogP) is 3.00. The Labute approximate surface area is 148 Å². The van der Waals surface area contributed by atoms with E-state index in [0.29, 0.717) is 31.0 Å². The van der Waals surface area contributed by atoms with E-state index < -0.39 is 6.10 Å². The van der Waals surface area contributed by atoms with Gasteiger partial charge in [-0.2, -0.15) is 5.26 Å². The molecule has 25 heavy (non-hydrogen) atoms. The van der Waals surface area contributed by atoms with E-state index in [1.165, 1.54) is 0 Å². The van der Waals surface area contributed by atoms with Crippen molar-refractivity contribution in [3.63, 3.8) is 0 Å². The number of para-hydroxylation sites is 1. The maximum atomic E-state index is 12.8. The van der Waals surface area contributed by atoms with E-state index in [2.05, 4.69) is 6.07 Å². The highest BCUT2D eigenvalue weighted by Gasteiger charge is 2.23. The van der Waals surface area contributed by atoms with Crippen molar-refractivity contribution in [2.45, 2.75) is 19.6 Å². The van der Waals surface area contributed by atoms with Crippen LogP contribution in [0.2, 0.25) is 0 Å². The third kappa shape index (κ3) is 5.33. The summed E-state index contributed by atoms with van der Waals surface area (Å²) in [7, 11) is 1.61. The highest BCUT2D eigenvalue weighted by Crippen LogP contribution is 2.19. The predicted molar refractivity (Wildman–Crippen MR) is 95.0 cm³/mol. The van der Waals surface area contributed by atoms with Crippen LogP contribution in [-0.2, 0) is 16.1 Å². The van der Waals surface area contributed by atoms with Crippen molar-refractivity contribution < 1.29 is 14.3 Å². The zero-order chi connectivity index (χ0) is 18.1. The van der Waals surface area contributed by atoms with E-state index in [1.807, 2.05) is 30.3 Å². The van der Waals surface area contributed by atoms with Gasteiger partial charge in [0.1, 0.15) is 11.8 Å². The van der Waals surface area contributed by atoms with Crippen LogP contribution < -0.4 is 4.74 Å². The molecule has 1 amide bonds. The van der Waals surface area contributed by atoms with Gasteiger partial charge >= 0.3 is 0 Å². The summed E-state index contributed by atoms with van der Waals surface area (Å²) < 4.78 is 10.9. The van der Waals surface area contributed by atoms with Gasteiger partial charge in [0.05, 0.1) is 12.2 Å². The summed E-state index contributed by atoms with van der Waals surface area (Å²) in [5.41, 5.74) is 1.45. The molecule has 0 bridgehead atoms. The number of hydrogen-bond acceptors (Lipinski definition) is 4. The first-order valence-electron chi connectivity index (χ1n) is 8.13. The lowest BCUT2D eigenvalue weighted by Crippen LogP contribution is -2.41. The molecule has 0 aromatic heterocycles. The number of rotatable bonds is 8. The van der Waals surface area contributed by atoms with Crippen molar-refractivity contribution in [2.75, 3.05) is 20.3 Å². The number of carbonyl (C=O) groups is 1. The van der Waals surface area contributed by atoms with E-state index in [0.717, 1.165) is 5.56 Å². The van der Waals surface area contributed by atoms with Crippen molar-refractivity contribution >= 4 is 5.91 Å². The summed E-state index contributed by atoms with van der Waals surface area (Å²) in [5, 5.41) is 9.15. The molecular formula is C20H22N2O3. The van der Waals surface area contributed by atoms with Gasteiger partial charge in [-0.1, -0.05) is 42.5 Å². The quantitative estimate of drug-likeness (QED) is 0.742. The second-order valence-electron chi connectivity index (χ2n) is 5.61. The number of methoxy groups -OCH3 is 1. The van der Waals surface area contributed by atoms with Crippen LogP contribution in [0.15, 0.2) is 54.6 Å². The smallest absolute Gasteiger partial charge is 0.263 e. The van der Waals surface area contributed by atoms with Gasteiger partial charge in [-0.15, -0.1) is 0 Å². The molecule has 0 saturated heterocycles. The molecule has 1 atom stereocenters. The van der Waals surface area contributed by atoms with Crippen molar-refractivity contribution in [3.05, 3.63) is 65.7 Å². The average Bonchev–Trinajstić information content (AvgIpc) is 2.65. The molecule has 0 aliphatic rings. The van der Waals surface area contributed by atoms with Gasteiger partial charge in [0.15, 0.2) is 6.10 Å². The fraction of sp³-hybridized carbons (Fsp3) is 0.300. The van der Waals surface area contributed by atoms with E-state index in [4.69, 9.17) is 14.7 Å². The SMILES string of the molecule is COCCN(Cc1ccccc1)C(=O)C(C)Oc1ccccc1C#N. The molecule has 0 aliphatic heterocycles. The molecule has 0 fully saturated rings. The molecule has 0 radical (unpaired) electrons. The number of benzene rings is 2. The van der Waals surface area contributed by atoms with Crippen LogP contribution in [0, 0.1) is 11.3 Å². The zero-order valence-electron chi connectivity index (χ0n) is 14.5. The van der Waals surface area contributed by atoms with E-state index in [9.17, 15) is 4.79 Å². The molecule has 130 valence electrons. The number of nitrogens with zero attached hydrogens (tertiary/aromatic N) is 2. The van der Waals surface area contributed by atoms with E-state index in [1.54, 1.807) is 43.2 Å². The summed E-state index contributed by atoms with van der Waals surface area (Å²) in [4.78, 5) is 14.5. The van der Waals surface area contributed by atoms with Gasteiger partial charge in [0, 0.05) is 20.2 Å². The molecule has 0 spiro atoms. The largest absolute Gasteiger partial charge is 0.480 e. The maximum Gasteiger partial charge on any atom is 0.263 e. The summed E-state index contributed by atoms with van der Waals surface area (Å²) in [6, 6.07) is 18.7. The fourth-order valence-electron chi connectivity index (χ4n) is 2.43. The van der Waals surface area contributed by atoms with Crippen molar-refractivity contribution in [2.24, 2.45) is 0 Å². The summed E-state index contributed by atoms with van der Waals surface area (Å²) in [5.74, 6) is 0.269. The normalized spacial score (nSPS) is 11.4. The maximum absolute atomic E-state index is 12.8. The first-order chi connectivity index (χ1) is 12.2. The number of nitriles is 1. The Morgan fingerprint density at radius 3 is 2.52 bits per heavy atom. The minimum atomic E-state index is -0.699. The highest BCUT2D eigenvalue weighted by molar-refractivity contribution is 5.81. The molecule has 0 heterocycles. The monoisotopic (exact) mass is 338 g/mol. The van der Waals surface area contributed by atoms with Gasteiger partial charge in [0.25, 0.3) is 5.91 Å². The van der Waals surface area contributed by atoms with Gasteiger partial charge in [-0.05, 0) is 24.6 Å². The van der Waals surface area contributed by atoms with Crippen LogP contribution in [0.25, 0.3) is 0 Å². The first-order valence-corrected chi connectivity index (χ1v) is 8.13. The number of ether oxygens (including phenoxy) is 2. The van der Waals surface area contributed by atoms with Crippen molar-refractivity contribution in [1.29, 1.82) is 5.26 Å². The lowest BCUT2D eigenvalue weighted by molar-refractivity contribution is -0.139. The topological polar surface area (TPSA) is 62.6 Å². The second kappa shape index (κ2) is 9.45. The van der Waals surface area contributed by atoms with Crippen LogP contribution in [0.3, 0.4) is 0 Å². The first kappa shape index (κ1) is 18.5. The van der Waals surface area contributed by atoms with Crippen LogP contribution in [0.4, 0.5) is 0 Å². The Bertz CT molecular complexity index is 725. The highest BCUT2D eigenvalue weighted by atomic mass is 16.5. The molecule has 5 nitrogen and oxygen atoms in total. The number of carbonyl (C=O) groups excluding carboxylic acids is 1. The van der Waals surface area contributed by atoms with Crippen molar-refractivity contribution in [1.82, 2.24) is 4.90 Å². The molecule has 0 saturated carbocycles. The molecular weight excluding hydrogens is 316 g/mol. The molecule has 1 unspecified atom stereocenters. The minimum absolute atomic E-state index is 0.145. The summed E-state index contributed by atoms with van der Waals surface area (Å²) in [6.07, 6.45) is -0.699. The molecule has 2 aromatic carbocycles. The standard InChI is InChI=1S/C20H22N2O3/c1-16(25-19-11-7-6-10-18(19)14-21)20(23)22(12-13-24-2)15-17-8-4-3-5-9-17/h3-11,16H,12-13,15H2,1-2H3. The molecule has 2 rings (SSSR count). The van der Waals surface area contributed by atoms with Gasteiger partial charge in [-0.3, -0.25) is 4.79 Å². The van der Waals surface area contributed by atoms with Gasteiger partial charge in [0.2, 0.25) is 0 Å². The van der Waals surface area contributed by atoms with Crippen molar-refractivity contribution in [3.8, 4) is 11.8 Å². The molecule has 5 heteroatoms. The molecule has 2 aromatic rings. The Kier molecular flexibility index (Phi) is 7.00. The Morgan fingerprint density at radius 2 is 1.84 bits per heavy atom. The van der Waals surface area contributed by atoms with E-state index in [-0.39, 0.29) is 5.91 Å². The third-order valence-electron chi connectivity index (χ3n) is 3.75. The third-order valence-corrected chi connectivity index (χ3v) is 3.75. The van der Waals surface area contributed by atoms with Crippen LogP contribution >= 0.6 is 0 Å². The van der Waals surface area contributed by atoms with Crippen LogP contribution in [-0.4, -0.2) is 37.2 Å². The average molecular weight is 338 g/mol. The number of amides is 1. The van der Waals surface area contributed by atoms with E-state index >= 15 is 0 Å². The summed E-state index contributed by atoms with van der Waals surface area (Å²) in [6.45, 7) is 3.09. The number of hydrogen-bond donors (Lipinski definition) is 0. The zero-order valence-corrected chi connectivity index (χ0v) is 14.5. The summed E-state index contributed by atoms with van der Waals surface area (Å²) >= 11 is 0. The molecule has 0 N–H and O–H groups in total. The Morgan fingerprint density at radius 1 is 1.16 bits per heavy atom. The fourth-order valence-corrected chi connectivity index (χ4v) is 2.43. The lowest BCUT2D eigenvalue weighted by Gasteiger charge is -2.26.